The number of para-hydroxylation sites is 1. The second kappa shape index (κ2) is 7.68. The molecule has 0 N–H and O–H groups in total. The van der Waals surface area contributed by atoms with E-state index in [4.69, 9.17) is 0 Å². The summed E-state index contributed by atoms with van der Waals surface area (Å²) < 4.78 is 38.9. The fraction of sp³-hybridized carbons (Fsp3) is 0.333. The van der Waals surface area contributed by atoms with E-state index in [0.29, 0.717) is 25.2 Å². The Morgan fingerprint density at radius 2 is 1.69 bits per heavy atom. The van der Waals surface area contributed by atoms with Gasteiger partial charge in [-0.3, -0.25) is 0 Å². The van der Waals surface area contributed by atoms with Crippen molar-refractivity contribution in [2.75, 3.05) is 32.1 Å². The van der Waals surface area contributed by atoms with Gasteiger partial charge in [-0.2, -0.15) is 13.2 Å². The van der Waals surface area contributed by atoms with Crippen LogP contribution in [0.15, 0.2) is 52.3 Å². The highest BCUT2D eigenvalue weighted by Crippen LogP contribution is 2.49. The number of halogens is 4. The Balaban J connectivity index is 0.00000243. The van der Waals surface area contributed by atoms with Gasteiger partial charge < -0.3 is 14.8 Å². The average Bonchev–Trinajstić information content (AvgIpc) is 2.51. The maximum Gasteiger partial charge on any atom is 0.416 e. The van der Waals surface area contributed by atoms with Crippen molar-refractivity contribution in [3.8, 4) is 0 Å². The Morgan fingerprint density at radius 1 is 1.04 bits per heavy atom. The maximum atomic E-state index is 13.1. The van der Waals surface area contributed by atoms with Crippen LogP contribution >= 0.6 is 24.2 Å². The summed E-state index contributed by atoms with van der Waals surface area (Å²) in [5, 5.41) is 11.8. The number of hydrogen-bond acceptors (Lipinski definition) is 3. The molecule has 0 amide bonds. The van der Waals surface area contributed by atoms with Crippen molar-refractivity contribution in [3.63, 3.8) is 0 Å². The summed E-state index contributed by atoms with van der Waals surface area (Å²) in [5.41, 5.74) is 0.779. The van der Waals surface area contributed by atoms with Crippen molar-refractivity contribution in [2.24, 2.45) is 0 Å². The molecule has 0 spiro atoms. The molecule has 0 atom stereocenters. The maximum absolute atomic E-state index is 13.1. The highest BCUT2D eigenvalue weighted by Gasteiger charge is 2.33. The molecular formula is C18H20ClF3N2OS. The van der Waals surface area contributed by atoms with Gasteiger partial charge in [0.05, 0.1) is 37.6 Å². The molecule has 0 bridgehead atoms. The van der Waals surface area contributed by atoms with Crippen LogP contribution in [-0.2, 0) is 6.18 Å². The number of quaternary nitrogens is 1. The number of alkyl halides is 3. The Labute approximate surface area is 161 Å². The predicted molar refractivity (Wildman–Crippen MR) is 101 cm³/mol. The molecule has 3 nitrogen and oxygen atoms in total. The highest BCUT2D eigenvalue weighted by molar-refractivity contribution is 7.99. The molecule has 8 heteroatoms. The van der Waals surface area contributed by atoms with E-state index in [1.807, 2.05) is 29.2 Å². The van der Waals surface area contributed by atoms with Gasteiger partial charge in [0.2, 0.25) is 0 Å². The van der Waals surface area contributed by atoms with Crippen molar-refractivity contribution < 1.29 is 17.8 Å². The minimum Gasteiger partial charge on any atom is -0.633 e. The molecule has 142 valence electrons. The Bertz CT molecular complexity index is 778. The lowest BCUT2D eigenvalue weighted by atomic mass is 10.1. The van der Waals surface area contributed by atoms with Gasteiger partial charge in [0.15, 0.2) is 0 Å². The molecule has 3 rings (SSSR count). The van der Waals surface area contributed by atoms with Crippen LogP contribution in [0.2, 0.25) is 0 Å². The highest BCUT2D eigenvalue weighted by atomic mass is 35.5. The molecule has 0 unspecified atom stereocenters. The van der Waals surface area contributed by atoms with Gasteiger partial charge in [0.1, 0.15) is 0 Å². The molecule has 2 aromatic carbocycles. The van der Waals surface area contributed by atoms with E-state index in [1.54, 1.807) is 14.1 Å². The third-order valence-electron chi connectivity index (χ3n) is 4.03. The van der Waals surface area contributed by atoms with Gasteiger partial charge >= 0.3 is 6.18 Å². The van der Waals surface area contributed by atoms with Crippen molar-refractivity contribution in [1.82, 2.24) is 0 Å². The summed E-state index contributed by atoms with van der Waals surface area (Å²) in [6.07, 6.45) is -3.79. The first kappa shape index (κ1) is 20.9. The SMILES string of the molecule is C[N+](C)([O-])CCCN1c2ccccc2Sc2ccc(C(F)(F)F)cc21.Cl. The number of anilines is 2. The van der Waals surface area contributed by atoms with Crippen LogP contribution in [0, 0.1) is 5.21 Å². The summed E-state index contributed by atoms with van der Waals surface area (Å²) in [6, 6.07) is 11.5. The lowest BCUT2D eigenvalue weighted by molar-refractivity contribution is -0.840. The van der Waals surface area contributed by atoms with Crippen LogP contribution in [0.1, 0.15) is 12.0 Å². The van der Waals surface area contributed by atoms with E-state index >= 15 is 0 Å². The van der Waals surface area contributed by atoms with Gasteiger partial charge in [-0.05, 0) is 30.3 Å². The molecule has 1 heterocycles. The molecule has 0 fully saturated rings. The Kier molecular flexibility index (Phi) is 6.17. The van der Waals surface area contributed by atoms with Gasteiger partial charge in [0, 0.05) is 22.8 Å². The first-order valence-corrected chi connectivity index (χ1v) is 8.76. The van der Waals surface area contributed by atoms with E-state index in [-0.39, 0.29) is 12.4 Å². The molecular weight excluding hydrogens is 385 g/mol. The zero-order valence-electron chi connectivity index (χ0n) is 14.4. The van der Waals surface area contributed by atoms with E-state index in [2.05, 4.69) is 0 Å². The number of nitrogens with zero attached hydrogens (tertiary/aromatic N) is 2. The summed E-state index contributed by atoms with van der Waals surface area (Å²) in [5.74, 6) is 0. The zero-order chi connectivity index (χ0) is 18.2. The summed E-state index contributed by atoms with van der Waals surface area (Å²) in [7, 11) is 3.13. The minimum absolute atomic E-state index is 0. The third-order valence-corrected chi connectivity index (χ3v) is 5.16. The molecule has 0 radical (unpaired) electrons. The van der Waals surface area contributed by atoms with Crippen molar-refractivity contribution in [1.29, 1.82) is 0 Å². The largest absolute Gasteiger partial charge is 0.633 e. The van der Waals surface area contributed by atoms with Crippen LogP contribution in [0.4, 0.5) is 24.5 Å². The van der Waals surface area contributed by atoms with E-state index in [9.17, 15) is 18.4 Å². The minimum atomic E-state index is -4.38. The molecule has 0 aromatic heterocycles. The average molecular weight is 405 g/mol. The fourth-order valence-corrected chi connectivity index (χ4v) is 3.93. The smallest absolute Gasteiger partial charge is 0.416 e. The zero-order valence-corrected chi connectivity index (χ0v) is 16.0. The van der Waals surface area contributed by atoms with Gasteiger partial charge in [-0.15, -0.1) is 12.4 Å². The second-order valence-corrected chi connectivity index (χ2v) is 7.64. The van der Waals surface area contributed by atoms with Crippen molar-refractivity contribution in [3.05, 3.63) is 53.2 Å². The summed E-state index contributed by atoms with van der Waals surface area (Å²) in [6.45, 7) is 0.899. The van der Waals surface area contributed by atoms with Crippen LogP contribution in [0.25, 0.3) is 0 Å². The normalized spacial score (nSPS) is 13.7. The lowest BCUT2D eigenvalue weighted by Gasteiger charge is -2.36. The van der Waals surface area contributed by atoms with Gasteiger partial charge in [-0.1, -0.05) is 23.9 Å². The van der Waals surface area contributed by atoms with Gasteiger partial charge in [-0.25, -0.2) is 0 Å². The summed E-state index contributed by atoms with van der Waals surface area (Å²) >= 11 is 1.47. The molecule has 26 heavy (non-hydrogen) atoms. The van der Waals surface area contributed by atoms with Crippen LogP contribution in [-0.4, -0.2) is 31.8 Å². The molecule has 1 aliphatic rings. The molecule has 2 aromatic rings. The van der Waals surface area contributed by atoms with E-state index < -0.39 is 16.4 Å². The molecule has 0 aliphatic carbocycles. The van der Waals surface area contributed by atoms with Crippen molar-refractivity contribution in [2.45, 2.75) is 22.4 Å². The fourth-order valence-electron chi connectivity index (χ4n) is 2.86. The molecule has 1 aliphatic heterocycles. The number of fused-ring (bicyclic) bond motifs is 2. The monoisotopic (exact) mass is 404 g/mol. The van der Waals surface area contributed by atoms with Crippen molar-refractivity contribution >= 4 is 35.5 Å². The Morgan fingerprint density at radius 3 is 2.35 bits per heavy atom. The first-order chi connectivity index (χ1) is 11.6. The van der Waals surface area contributed by atoms with E-state index in [0.717, 1.165) is 21.5 Å². The lowest BCUT2D eigenvalue weighted by Crippen LogP contribution is -2.35. The number of hydroxylamine groups is 3. The Hall–Kier alpha value is -1.41. The first-order valence-electron chi connectivity index (χ1n) is 7.95. The number of rotatable bonds is 4. The van der Waals surface area contributed by atoms with E-state index in [1.165, 1.54) is 23.9 Å². The topological polar surface area (TPSA) is 26.3 Å². The van der Waals surface area contributed by atoms with Crippen LogP contribution < -0.4 is 4.90 Å². The number of benzene rings is 2. The van der Waals surface area contributed by atoms with Crippen LogP contribution in [0.5, 0.6) is 0 Å². The standard InChI is InChI=1S/C18H19F3N2OS.ClH/c1-23(2,24)11-5-10-22-14-6-3-4-7-16(14)25-17-9-8-13(12-15(17)22)18(19,20)21;/h3-4,6-9,12H,5,10-11H2,1-2H3;1H. The molecule has 0 saturated carbocycles. The van der Waals surface area contributed by atoms with Gasteiger partial charge in [0.25, 0.3) is 0 Å². The molecule has 0 saturated heterocycles. The third kappa shape index (κ3) is 4.65. The quantitative estimate of drug-likeness (QED) is 0.483. The van der Waals surface area contributed by atoms with Crippen LogP contribution in [0.3, 0.4) is 0 Å². The predicted octanol–water partition coefficient (Wildman–Crippen LogP) is 5.69. The number of hydrogen-bond donors (Lipinski definition) is 0. The summed E-state index contributed by atoms with van der Waals surface area (Å²) in [4.78, 5) is 3.69. The second-order valence-electron chi connectivity index (χ2n) is 6.55.